The van der Waals surface area contributed by atoms with Crippen LogP contribution in [0.3, 0.4) is 0 Å². The Hall–Kier alpha value is -1.10. The average Bonchev–Trinajstić information content (AvgIpc) is 2.45. The van der Waals surface area contributed by atoms with Crippen molar-refractivity contribution in [1.82, 2.24) is 15.0 Å². The Morgan fingerprint density at radius 1 is 1.21 bits per heavy atom. The van der Waals surface area contributed by atoms with Crippen LogP contribution in [0, 0.1) is 5.92 Å². The predicted octanol–water partition coefficient (Wildman–Crippen LogP) is 2.97. The van der Waals surface area contributed by atoms with Crippen LogP contribution in [0.15, 0.2) is 0 Å². The zero-order chi connectivity index (χ0) is 13.7. The van der Waals surface area contributed by atoms with Crippen LogP contribution >= 0.6 is 11.6 Å². The molecule has 0 amide bonds. The highest BCUT2D eigenvalue weighted by atomic mass is 35.5. The van der Waals surface area contributed by atoms with Gasteiger partial charge in [-0.05, 0) is 36.8 Å². The maximum Gasteiger partial charge on any atom is 0.231 e. The van der Waals surface area contributed by atoms with E-state index in [0.29, 0.717) is 17.8 Å². The van der Waals surface area contributed by atoms with Gasteiger partial charge in [0.05, 0.1) is 0 Å². The number of anilines is 2. The van der Waals surface area contributed by atoms with E-state index in [1.54, 1.807) is 0 Å². The maximum atomic E-state index is 5.99. The van der Waals surface area contributed by atoms with E-state index in [0.717, 1.165) is 26.1 Å². The lowest BCUT2D eigenvalue weighted by molar-refractivity contribution is 0.566. The van der Waals surface area contributed by atoms with Crippen LogP contribution in [0.4, 0.5) is 11.9 Å². The molecule has 5 nitrogen and oxygen atoms in total. The molecule has 2 rings (SSSR count). The number of rotatable bonds is 5. The molecule has 0 saturated carbocycles. The van der Waals surface area contributed by atoms with Gasteiger partial charge in [0, 0.05) is 19.6 Å². The first-order valence-corrected chi connectivity index (χ1v) is 7.47. The summed E-state index contributed by atoms with van der Waals surface area (Å²) in [6.45, 7) is 7.24. The van der Waals surface area contributed by atoms with E-state index in [-0.39, 0.29) is 5.28 Å². The van der Waals surface area contributed by atoms with Crippen molar-refractivity contribution in [3.63, 3.8) is 0 Å². The van der Waals surface area contributed by atoms with Gasteiger partial charge in [-0.25, -0.2) is 0 Å². The van der Waals surface area contributed by atoms with Gasteiger partial charge in [-0.2, -0.15) is 15.0 Å². The Labute approximate surface area is 119 Å². The molecule has 0 aromatic carbocycles. The molecule has 1 aliphatic heterocycles. The van der Waals surface area contributed by atoms with Gasteiger partial charge >= 0.3 is 0 Å². The van der Waals surface area contributed by atoms with Crippen molar-refractivity contribution in [2.75, 3.05) is 29.9 Å². The zero-order valence-corrected chi connectivity index (χ0v) is 12.4. The summed E-state index contributed by atoms with van der Waals surface area (Å²) in [5.74, 6) is 1.88. The summed E-state index contributed by atoms with van der Waals surface area (Å²) in [4.78, 5) is 15.0. The quantitative estimate of drug-likeness (QED) is 0.900. The summed E-state index contributed by atoms with van der Waals surface area (Å²) >= 11 is 5.99. The largest absolute Gasteiger partial charge is 0.354 e. The Kier molecular flexibility index (Phi) is 5.19. The standard InChI is InChI=1S/C13H22ClN5/c1-3-10(2)9-15-12-16-11(14)17-13(18-12)19-7-5-4-6-8-19/h10H,3-9H2,1-2H3,(H,15,16,17,18). The van der Waals surface area contributed by atoms with Crippen LogP contribution in [0.2, 0.25) is 5.28 Å². The highest BCUT2D eigenvalue weighted by molar-refractivity contribution is 6.28. The second kappa shape index (κ2) is 6.89. The highest BCUT2D eigenvalue weighted by Crippen LogP contribution is 2.18. The lowest BCUT2D eigenvalue weighted by atomic mass is 10.1. The van der Waals surface area contributed by atoms with Crippen LogP contribution < -0.4 is 10.2 Å². The van der Waals surface area contributed by atoms with E-state index in [4.69, 9.17) is 11.6 Å². The van der Waals surface area contributed by atoms with Crippen LogP contribution in [0.1, 0.15) is 39.5 Å². The molecule has 1 saturated heterocycles. The van der Waals surface area contributed by atoms with E-state index in [9.17, 15) is 0 Å². The van der Waals surface area contributed by atoms with Crippen molar-refractivity contribution < 1.29 is 0 Å². The Balaban J connectivity index is 2.05. The minimum Gasteiger partial charge on any atom is -0.354 e. The van der Waals surface area contributed by atoms with Crippen LogP contribution in [0.25, 0.3) is 0 Å². The van der Waals surface area contributed by atoms with Crippen molar-refractivity contribution in [2.24, 2.45) is 5.92 Å². The Morgan fingerprint density at radius 2 is 1.95 bits per heavy atom. The van der Waals surface area contributed by atoms with Gasteiger partial charge < -0.3 is 10.2 Å². The van der Waals surface area contributed by atoms with E-state index in [2.05, 4.69) is 39.0 Å². The normalized spacial score (nSPS) is 17.3. The fraction of sp³-hybridized carbons (Fsp3) is 0.769. The summed E-state index contributed by atoms with van der Waals surface area (Å²) in [5.41, 5.74) is 0. The SMILES string of the molecule is CCC(C)CNc1nc(Cl)nc(N2CCCCC2)n1. The first-order chi connectivity index (χ1) is 9.19. The molecule has 1 atom stereocenters. The van der Waals surface area contributed by atoms with Crippen molar-refractivity contribution in [2.45, 2.75) is 39.5 Å². The van der Waals surface area contributed by atoms with Crippen LogP contribution in [0.5, 0.6) is 0 Å². The number of aromatic nitrogens is 3. The predicted molar refractivity (Wildman–Crippen MR) is 78.8 cm³/mol. The number of halogens is 1. The van der Waals surface area contributed by atoms with Crippen molar-refractivity contribution in [1.29, 1.82) is 0 Å². The lowest BCUT2D eigenvalue weighted by Gasteiger charge is -2.26. The monoisotopic (exact) mass is 283 g/mol. The van der Waals surface area contributed by atoms with Gasteiger partial charge in [-0.15, -0.1) is 0 Å². The number of nitrogens with one attached hydrogen (secondary N) is 1. The maximum absolute atomic E-state index is 5.99. The van der Waals surface area contributed by atoms with Gasteiger partial charge in [0.25, 0.3) is 0 Å². The van der Waals surface area contributed by atoms with Crippen LogP contribution in [-0.2, 0) is 0 Å². The van der Waals surface area contributed by atoms with Crippen LogP contribution in [-0.4, -0.2) is 34.6 Å². The molecule has 1 aromatic rings. The molecular weight excluding hydrogens is 262 g/mol. The summed E-state index contributed by atoms with van der Waals surface area (Å²) in [5, 5.41) is 3.51. The minimum absolute atomic E-state index is 0.266. The molecule has 0 aliphatic carbocycles. The zero-order valence-electron chi connectivity index (χ0n) is 11.7. The third-order valence-corrected chi connectivity index (χ3v) is 3.71. The van der Waals surface area contributed by atoms with Gasteiger partial charge in [0.2, 0.25) is 17.2 Å². The molecule has 1 unspecified atom stereocenters. The van der Waals surface area contributed by atoms with Crippen molar-refractivity contribution >= 4 is 23.5 Å². The fourth-order valence-electron chi connectivity index (χ4n) is 2.06. The fourth-order valence-corrected chi connectivity index (χ4v) is 2.22. The third-order valence-electron chi connectivity index (χ3n) is 3.54. The second-order valence-corrected chi connectivity index (χ2v) is 5.51. The van der Waals surface area contributed by atoms with Gasteiger partial charge in [0.15, 0.2) is 0 Å². The molecule has 1 N–H and O–H groups in total. The summed E-state index contributed by atoms with van der Waals surface area (Å²) in [6, 6.07) is 0. The second-order valence-electron chi connectivity index (χ2n) is 5.17. The molecule has 1 aliphatic rings. The number of hydrogen-bond donors (Lipinski definition) is 1. The topological polar surface area (TPSA) is 53.9 Å². The Bertz CT molecular complexity index is 406. The Morgan fingerprint density at radius 3 is 2.63 bits per heavy atom. The average molecular weight is 284 g/mol. The molecule has 2 heterocycles. The number of piperidine rings is 1. The first kappa shape index (κ1) is 14.3. The first-order valence-electron chi connectivity index (χ1n) is 7.09. The van der Waals surface area contributed by atoms with Crippen molar-refractivity contribution in [3.05, 3.63) is 5.28 Å². The highest BCUT2D eigenvalue weighted by Gasteiger charge is 2.15. The molecule has 0 bridgehead atoms. The lowest BCUT2D eigenvalue weighted by Crippen LogP contribution is -2.31. The van der Waals surface area contributed by atoms with E-state index in [1.807, 2.05) is 0 Å². The molecular formula is C13H22ClN5. The molecule has 6 heteroatoms. The van der Waals surface area contributed by atoms with E-state index < -0.39 is 0 Å². The van der Waals surface area contributed by atoms with E-state index in [1.165, 1.54) is 19.3 Å². The number of nitrogens with zero attached hydrogens (tertiary/aromatic N) is 4. The van der Waals surface area contributed by atoms with Crippen molar-refractivity contribution in [3.8, 4) is 0 Å². The molecule has 106 valence electrons. The summed E-state index contributed by atoms with van der Waals surface area (Å²) in [6.07, 6.45) is 4.80. The van der Waals surface area contributed by atoms with Gasteiger partial charge in [-0.1, -0.05) is 20.3 Å². The third kappa shape index (κ3) is 4.20. The minimum atomic E-state index is 0.266. The molecule has 1 fully saturated rings. The number of hydrogen-bond acceptors (Lipinski definition) is 5. The van der Waals surface area contributed by atoms with E-state index >= 15 is 0 Å². The summed E-state index contributed by atoms with van der Waals surface area (Å²) < 4.78 is 0. The van der Waals surface area contributed by atoms with Gasteiger partial charge in [-0.3, -0.25) is 0 Å². The smallest absolute Gasteiger partial charge is 0.231 e. The van der Waals surface area contributed by atoms with Gasteiger partial charge in [0.1, 0.15) is 0 Å². The molecule has 0 radical (unpaired) electrons. The summed E-state index contributed by atoms with van der Waals surface area (Å²) in [7, 11) is 0. The molecule has 0 spiro atoms. The molecule has 19 heavy (non-hydrogen) atoms. The molecule has 1 aromatic heterocycles.